The van der Waals surface area contributed by atoms with Crippen molar-refractivity contribution in [1.29, 1.82) is 0 Å². The number of aliphatic hydroxyl groups is 2. The van der Waals surface area contributed by atoms with E-state index in [0.29, 0.717) is 12.2 Å². The molecule has 0 spiro atoms. The van der Waals surface area contributed by atoms with Crippen molar-refractivity contribution >= 4 is 76.7 Å². The molecule has 2 heterocycles. The number of amides is 11. The summed E-state index contributed by atoms with van der Waals surface area (Å²) in [5, 5.41) is 34.9. The van der Waals surface area contributed by atoms with Crippen molar-refractivity contribution in [3.8, 4) is 0 Å². The van der Waals surface area contributed by atoms with Gasteiger partial charge in [0.05, 0.1) is 11.7 Å². The van der Waals surface area contributed by atoms with Crippen molar-refractivity contribution in [3.63, 3.8) is 0 Å². The fourth-order valence-electron chi connectivity index (χ4n) is 12.6. The Morgan fingerprint density at radius 2 is 0.969 bits per heavy atom. The van der Waals surface area contributed by atoms with E-state index < -0.39 is 161 Å². The topological polar surface area (TPSA) is 302 Å². The van der Waals surface area contributed by atoms with Crippen LogP contribution in [0.25, 0.3) is 0 Å². The van der Waals surface area contributed by atoms with Gasteiger partial charge in [0.25, 0.3) is 0 Å². The predicted octanol–water partition coefficient (Wildman–Crippen LogP) is 3.97. The van der Waals surface area contributed by atoms with E-state index in [9.17, 15) is 29.4 Å². The van der Waals surface area contributed by atoms with Crippen LogP contribution in [0.3, 0.4) is 0 Å². The smallest absolute Gasteiger partial charge is 0.246 e. The molecule has 0 aromatic heterocycles. The molecule has 2 saturated heterocycles. The maximum absolute atomic E-state index is 15.4. The van der Waals surface area contributed by atoms with E-state index in [0.717, 1.165) is 48.7 Å². The van der Waals surface area contributed by atoms with E-state index in [1.165, 1.54) is 113 Å². The Balaban J connectivity index is 3.11. The Kier molecular flexibility index (Phi) is 35.6. The summed E-state index contributed by atoms with van der Waals surface area (Å²) in [5.41, 5.74) is -1.58. The van der Waals surface area contributed by atoms with Gasteiger partial charge in [0.2, 0.25) is 65.0 Å². The first-order chi connectivity index (χ1) is 44.5. The highest BCUT2D eigenvalue weighted by Crippen LogP contribution is 2.27. The number of nitrogens with one attached hydrogen (secondary N) is 4. The first-order valence-electron chi connectivity index (χ1n) is 34.9. The zero-order chi connectivity index (χ0) is 73.7. The lowest BCUT2D eigenvalue weighted by molar-refractivity contribution is -0.157. The Bertz CT molecular complexity index is 2630. The number of nitrogens with zero attached hydrogens (tertiary/aromatic N) is 8. The molecule has 2 fully saturated rings. The number of hydrogen-bond donors (Lipinski definition) is 6. The quantitative estimate of drug-likeness (QED) is 0.0700. The van der Waals surface area contributed by atoms with Gasteiger partial charge in [-0.15, -0.1) is 0 Å². The number of rotatable bonds is 21. The van der Waals surface area contributed by atoms with Crippen LogP contribution in [-0.4, -0.2) is 273 Å². The molecule has 96 heavy (non-hydrogen) atoms. The number of likely N-dealkylation sites (tertiary alicyclic amines) is 1. The fourth-order valence-corrected chi connectivity index (χ4v) is 13.7. The van der Waals surface area contributed by atoms with E-state index in [4.69, 9.17) is 0 Å². The Labute approximate surface area is 579 Å². The zero-order valence-electron chi connectivity index (χ0n) is 62.8. The maximum Gasteiger partial charge on any atom is 0.246 e. The lowest BCUT2D eigenvalue weighted by atomic mass is 9.91. The number of carbonyl (C=O) groups excluding carboxylic acids is 11. The Hall–Kier alpha value is -5.86. The third kappa shape index (κ3) is 24.8. The van der Waals surface area contributed by atoms with Crippen molar-refractivity contribution < 1.29 is 63.0 Å². The first-order valence-corrected chi connectivity index (χ1v) is 36.0. The van der Waals surface area contributed by atoms with Crippen LogP contribution >= 0.6 is 11.8 Å². The molecular weight excluding hydrogens is 1250 g/mol. The van der Waals surface area contributed by atoms with Crippen LogP contribution in [0.4, 0.5) is 0 Å². The molecule has 13 atom stereocenters. The molecule has 0 aliphatic carbocycles. The molecule has 26 heteroatoms. The number of hydrogen-bond acceptors (Lipinski definition) is 15. The number of aliphatic hydroxyl groups excluding tert-OH is 1. The van der Waals surface area contributed by atoms with Gasteiger partial charge in [-0.1, -0.05) is 95.2 Å². The van der Waals surface area contributed by atoms with Crippen molar-refractivity contribution in [2.45, 2.75) is 254 Å². The molecule has 0 unspecified atom stereocenters. The molecule has 0 aromatic carbocycles. The van der Waals surface area contributed by atoms with E-state index in [1.807, 2.05) is 47.6 Å². The molecule has 11 amide bonds. The molecule has 0 bridgehead atoms. The van der Waals surface area contributed by atoms with Gasteiger partial charge in [-0.2, -0.15) is 11.8 Å². The van der Waals surface area contributed by atoms with Gasteiger partial charge >= 0.3 is 0 Å². The zero-order valence-corrected chi connectivity index (χ0v) is 63.6. The molecule has 2 aliphatic rings. The van der Waals surface area contributed by atoms with Gasteiger partial charge in [0.1, 0.15) is 66.5 Å². The second-order valence-electron chi connectivity index (χ2n) is 29.7. The molecule has 0 radical (unpaired) electrons. The van der Waals surface area contributed by atoms with Crippen LogP contribution in [0.5, 0.6) is 0 Å². The molecule has 550 valence electrons. The monoisotopic (exact) mass is 1370 g/mol. The molecule has 25 nitrogen and oxygen atoms in total. The van der Waals surface area contributed by atoms with Gasteiger partial charge in [0, 0.05) is 61.5 Å². The largest absolute Gasteiger partial charge is 0.390 e. The van der Waals surface area contributed by atoms with Crippen LogP contribution in [0.1, 0.15) is 175 Å². The Morgan fingerprint density at radius 1 is 0.521 bits per heavy atom. The van der Waals surface area contributed by atoms with Crippen molar-refractivity contribution in [3.05, 3.63) is 12.2 Å². The highest BCUT2D eigenvalue weighted by molar-refractivity contribution is 7.99. The molecular formula is C70H126N12O13S. The van der Waals surface area contributed by atoms with Crippen LogP contribution in [0.15, 0.2) is 12.2 Å². The summed E-state index contributed by atoms with van der Waals surface area (Å²) in [6.45, 7) is 31.9. The van der Waals surface area contributed by atoms with Crippen LogP contribution < -0.4 is 21.3 Å². The second-order valence-corrected chi connectivity index (χ2v) is 30.8. The van der Waals surface area contributed by atoms with Gasteiger partial charge in [0.15, 0.2) is 0 Å². The number of allylic oxidation sites excluding steroid dienone is 2. The van der Waals surface area contributed by atoms with Gasteiger partial charge in [-0.25, -0.2) is 0 Å². The summed E-state index contributed by atoms with van der Waals surface area (Å²) < 4.78 is 0. The first kappa shape index (κ1) is 86.2. The highest BCUT2D eigenvalue weighted by atomic mass is 32.2. The van der Waals surface area contributed by atoms with Crippen molar-refractivity contribution in [1.82, 2.24) is 60.5 Å². The minimum atomic E-state index is -1.65. The molecule has 0 saturated carbocycles. The SMILES string of the molecule is C/C=C/C[C@@H](C)[C@@H](O)[C@H]1C(=O)N[C@@H](CC)C(=O)N(C)[C@H](CSCCCN2CCCC2)C(=O)N(C)[C@@H](CC(C)(C)O)C(=O)N[C@@H](C(C)C)C(=O)N(C)[C@@H](CC(C)C)C(=O)N[C@@H](C)C(=O)N[C@H](C)C(=O)N(C)[C@@H](CC(C)C)C(=O)N(C)[C@@H](CC(C)C)C(=O)N(C)[C@@H](C(C)C)C(=O)N1C. The molecule has 2 rings (SSSR count). The molecule has 6 N–H and O–H groups in total. The number of carbonyl (C=O) groups is 11. The van der Waals surface area contributed by atoms with Crippen molar-refractivity contribution in [2.75, 3.05) is 80.5 Å². The standard InChI is InChI=1S/C70H126N12O13S/c1-25-27-31-46(13)58(83)57-62(87)73-49(26-2)64(89)79(22)54(40-96-35-30-34-82-32-28-29-33-82)67(92)78(21)53(39-70(16,17)95)61(86)74-55(44(9)10)68(93)75(18)50(36-41(3)4)60(85)71-47(14)59(84)72-48(15)63(88)76(19)51(37-42(5)6)65(90)77(20)52(38-43(7)8)66(91)80(23)56(45(11)12)69(94)81(57)24/h25,27,41-58,83,95H,26,28-40H2,1-24H3,(H,71,85)(H,72,84)(H,73,87)(H,74,86)/b27-25+/t46-,47+,48-,49+,50+,51+,52+,53+,54-,55+,56+,57+,58-/m1/s1. The summed E-state index contributed by atoms with van der Waals surface area (Å²) in [6.07, 6.45) is 5.41. The van der Waals surface area contributed by atoms with Gasteiger partial charge < -0.3 is 70.7 Å². The van der Waals surface area contributed by atoms with Crippen LogP contribution in [0.2, 0.25) is 0 Å². The second kappa shape index (κ2) is 39.7. The normalized spacial score (nSPS) is 27.1. The predicted molar refractivity (Wildman–Crippen MR) is 376 cm³/mol. The van der Waals surface area contributed by atoms with E-state index in [1.54, 1.807) is 54.5 Å². The Morgan fingerprint density at radius 3 is 1.46 bits per heavy atom. The average Bonchev–Trinajstić information content (AvgIpc) is 0.862. The average molecular weight is 1380 g/mol. The van der Waals surface area contributed by atoms with E-state index in [2.05, 4.69) is 26.2 Å². The number of thioether (sulfide) groups is 1. The lowest BCUT2D eigenvalue weighted by Gasteiger charge is -2.41. The summed E-state index contributed by atoms with van der Waals surface area (Å²) in [4.78, 5) is 175. The third-order valence-corrected chi connectivity index (χ3v) is 19.7. The molecule has 0 aromatic rings. The summed E-state index contributed by atoms with van der Waals surface area (Å²) in [5.74, 6) is -9.52. The fraction of sp³-hybridized carbons (Fsp3) is 0.814. The third-order valence-electron chi connectivity index (χ3n) is 18.6. The number of likely N-dealkylation sites (N-methyl/N-ethyl adjacent to an activating group) is 7. The lowest BCUT2D eigenvalue weighted by Crippen LogP contribution is -2.64. The van der Waals surface area contributed by atoms with Crippen LogP contribution in [0, 0.1) is 35.5 Å². The highest BCUT2D eigenvalue weighted by Gasteiger charge is 2.47. The van der Waals surface area contributed by atoms with Crippen LogP contribution in [-0.2, 0) is 52.7 Å². The van der Waals surface area contributed by atoms with Gasteiger partial charge in [-0.05, 0) is 147 Å². The summed E-state index contributed by atoms with van der Waals surface area (Å²) in [6, 6.07) is -14.3. The van der Waals surface area contributed by atoms with Crippen molar-refractivity contribution in [2.24, 2.45) is 35.5 Å². The minimum Gasteiger partial charge on any atom is -0.390 e. The van der Waals surface area contributed by atoms with E-state index >= 15 is 33.6 Å². The summed E-state index contributed by atoms with van der Waals surface area (Å²) >= 11 is 1.43. The summed E-state index contributed by atoms with van der Waals surface area (Å²) in [7, 11) is 9.93. The minimum absolute atomic E-state index is 0.0178. The van der Waals surface area contributed by atoms with E-state index in [-0.39, 0.29) is 55.6 Å². The molecule has 2 aliphatic heterocycles. The maximum atomic E-state index is 15.4. The van der Waals surface area contributed by atoms with Gasteiger partial charge in [-0.3, -0.25) is 52.7 Å².